The molecule has 22 heavy (non-hydrogen) atoms. The number of carboxylic acids is 1. The van der Waals surface area contributed by atoms with Crippen molar-refractivity contribution in [2.24, 2.45) is 0 Å². The maximum atomic E-state index is 11.4. The number of aromatic carboxylic acids is 1. The van der Waals surface area contributed by atoms with Crippen LogP contribution in [0.4, 0.5) is 0 Å². The zero-order chi connectivity index (χ0) is 15.7. The van der Waals surface area contributed by atoms with Gasteiger partial charge in [0.15, 0.2) is 5.79 Å². The highest BCUT2D eigenvalue weighted by Crippen LogP contribution is 2.43. The van der Waals surface area contributed by atoms with Crippen LogP contribution in [0, 0.1) is 0 Å². The highest BCUT2D eigenvalue weighted by molar-refractivity contribution is 5.90. The van der Waals surface area contributed by atoms with E-state index in [-0.39, 0.29) is 17.4 Å². The summed E-state index contributed by atoms with van der Waals surface area (Å²) in [5, 5.41) is 9.33. The number of hydrogen-bond acceptors (Lipinski definition) is 5. The summed E-state index contributed by atoms with van der Waals surface area (Å²) in [5.74, 6) is -1.49. The molecule has 118 valence electrons. The Bertz CT molecular complexity index is 607. The third kappa shape index (κ3) is 2.48. The monoisotopic (exact) mass is 305 g/mol. The van der Waals surface area contributed by atoms with Crippen molar-refractivity contribution in [3.05, 3.63) is 35.5 Å². The minimum atomic E-state index is -1.06. The zero-order valence-electron chi connectivity index (χ0n) is 12.5. The van der Waals surface area contributed by atoms with Crippen molar-refractivity contribution >= 4 is 5.97 Å². The number of aromatic nitrogens is 1. The molecule has 0 amide bonds. The summed E-state index contributed by atoms with van der Waals surface area (Å²) in [6.45, 7) is 4.92. The Balaban J connectivity index is 2.08. The molecule has 1 N–H and O–H groups in total. The van der Waals surface area contributed by atoms with Crippen molar-refractivity contribution in [3.8, 4) is 5.88 Å². The summed E-state index contributed by atoms with van der Waals surface area (Å²) in [5.41, 5.74) is 1.76. The first-order chi connectivity index (χ1) is 10.6. The molecule has 0 bridgehead atoms. The molecule has 1 aromatic heterocycles. The highest BCUT2D eigenvalue weighted by Gasteiger charge is 2.44. The molecule has 6 heteroatoms. The SMILES string of the molecule is C=CCC1CC2(Cc3cc(C(=O)O)c(OC)nc31)OCCO2. The van der Waals surface area contributed by atoms with Crippen molar-refractivity contribution < 1.29 is 24.1 Å². The minimum absolute atomic E-state index is 0.0636. The predicted molar refractivity (Wildman–Crippen MR) is 78.3 cm³/mol. The van der Waals surface area contributed by atoms with Gasteiger partial charge in [-0.05, 0) is 18.1 Å². The lowest BCUT2D eigenvalue weighted by molar-refractivity contribution is -0.168. The van der Waals surface area contributed by atoms with Crippen LogP contribution in [0.2, 0.25) is 0 Å². The number of allylic oxidation sites excluding steroid dienone is 1. The third-order valence-electron chi connectivity index (χ3n) is 4.19. The number of rotatable bonds is 4. The molecular formula is C16H19NO5. The molecule has 1 aromatic rings. The van der Waals surface area contributed by atoms with Gasteiger partial charge in [-0.2, -0.15) is 0 Å². The molecule has 1 spiro atoms. The fourth-order valence-corrected chi connectivity index (χ4v) is 3.30. The number of nitrogens with zero attached hydrogens (tertiary/aromatic N) is 1. The summed E-state index contributed by atoms with van der Waals surface area (Å²) < 4.78 is 16.8. The van der Waals surface area contributed by atoms with Crippen LogP contribution in [0.15, 0.2) is 18.7 Å². The van der Waals surface area contributed by atoms with Crippen molar-refractivity contribution in [2.45, 2.75) is 31.0 Å². The van der Waals surface area contributed by atoms with Gasteiger partial charge in [-0.3, -0.25) is 0 Å². The van der Waals surface area contributed by atoms with Crippen molar-refractivity contribution in [1.82, 2.24) is 4.98 Å². The van der Waals surface area contributed by atoms with Gasteiger partial charge in [-0.15, -0.1) is 6.58 Å². The van der Waals surface area contributed by atoms with E-state index in [0.717, 1.165) is 17.7 Å². The smallest absolute Gasteiger partial charge is 0.341 e. The predicted octanol–water partition coefficient (Wildman–Crippen LogP) is 2.14. The lowest BCUT2D eigenvalue weighted by Crippen LogP contribution is -2.39. The highest BCUT2D eigenvalue weighted by atomic mass is 16.7. The van der Waals surface area contributed by atoms with E-state index in [1.165, 1.54) is 7.11 Å². The Morgan fingerprint density at radius 2 is 2.32 bits per heavy atom. The molecule has 1 aliphatic heterocycles. The standard InChI is InChI=1S/C16H19NO5/c1-3-4-10-8-16(21-5-6-22-16)9-11-7-12(15(18)19)14(20-2)17-13(10)11/h3,7,10H,1,4-6,8-9H2,2H3,(H,18,19). The van der Waals surface area contributed by atoms with Gasteiger partial charge in [0.25, 0.3) is 0 Å². The second kappa shape index (κ2) is 5.70. The second-order valence-corrected chi connectivity index (χ2v) is 5.60. The van der Waals surface area contributed by atoms with E-state index in [2.05, 4.69) is 11.6 Å². The van der Waals surface area contributed by atoms with Crippen LogP contribution in [0.5, 0.6) is 5.88 Å². The number of hydrogen-bond donors (Lipinski definition) is 1. The van der Waals surface area contributed by atoms with Gasteiger partial charge < -0.3 is 19.3 Å². The lowest BCUT2D eigenvalue weighted by atomic mass is 9.80. The minimum Gasteiger partial charge on any atom is -0.480 e. The molecule has 2 aliphatic rings. The third-order valence-corrected chi connectivity index (χ3v) is 4.19. The molecule has 0 saturated carbocycles. The summed E-state index contributed by atoms with van der Waals surface area (Å²) in [6.07, 6.45) is 3.76. The van der Waals surface area contributed by atoms with Gasteiger partial charge in [0.2, 0.25) is 5.88 Å². The van der Waals surface area contributed by atoms with E-state index in [9.17, 15) is 9.90 Å². The Morgan fingerprint density at radius 3 is 2.91 bits per heavy atom. The Morgan fingerprint density at radius 1 is 1.59 bits per heavy atom. The van der Waals surface area contributed by atoms with Gasteiger partial charge in [0.1, 0.15) is 5.56 Å². The van der Waals surface area contributed by atoms with E-state index in [0.29, 0.717) is 26.1 Å². The fraction of sp³-hybridized carbons (Fsp3) is 0.500. The molecular weight excluding hydrogens is 286 g/mol. The van der Waals surface area contributed by atoms with Gasteiger partial charge in [0, 0.05) is 18.8 Å². The van der Waals surface area contributed by atoms with Crippen LogP contribution in [-0.2, 0) is 15.9 Å². The summed E-state index contributed by atoms with van der Waals surface area (Å²) in [7, 11) is 1.43. The van der Waals surface area contributed by atoms with E-state index in [4.69, 9.17) is 14.2 Å². The molecule has 0 aromatic carbocycles. The molecule has 3 rings (SSSR count). The van der Waals surface area contributed by atoms with E-state index in [1.54, 1.807) is 6.07 Å². The van der Waals surface area contributed by atoms with Crippen LogP contribution in [-0.4, -0.2) is 42.2 Å². The summed E-state index contributed by atoms with van der Waals surface area (Å²) >= 11 is 0. The van der Waals surface area contributed by atoms with Crippen LogP contribution >= 0.6 is 0 Å². The average molecular weight is 305 g/mol. The lowest BCUT2D eigenvalue weighted by Gasteiger charge is -2.37. The molecule has 1 fully saturated rings. The molecule has 1 unspecified atom stereocenters. The zero-order valence-corrected chi connectivity index (χ0v) is 12.5. The molecule has 6 nitrogen and oxygen atoms in total. The molecule has 2 heterocycles. The number of fused-ring (bicyclic) bond motifs is 1. The Labute approximate surface area is 128 Å². The number of methoxy groups -OCH3 is 1. The maximum absolute atomic E-state index is 11.4. The molecule has 1 saturated heterocycles. The van der Waals surface area contributed by atoms with Crippen molar-refractivity contribution in [3.63, 3.8) is 0 Å². The van der Waals surface area contributed by atoms with Crippen molar-refractivity contribution in [1.29, 1.82) is 0 Å². The number of carbonyl (C=O) groups is 1. The molecule has 1 atom stereocenters. The summed E-state index contributed by atoms with van der Waals surface area (Å²) in [4.78, 5) is 15.8. The molecule has 0 radical (unpaired) electrons. The van der Waals surface area contributed by atoms with Crippen LogP contribution in [0.3, 0.4) is 0 Å². The Kier molecular flexibility index (Phi) is 3.88. The first-order valence-electron chi connectivity index (χ1n) is 7.28. The molecule has 1 aliphatic carbocycles. The average Bonchev–Trinajstić information content (AvgIpc) is 2.94. The van der Waals surface area contributed by atoms with Gasteiger partial charge >= 0.3 is 5.97 Å². The quantitative estimate of drug-likeness (QED) is 0.859. The van der Waals surface area contributed by atoms with Gasteiger partial charge in [-0.25, -0.2) is 9.78 Å². The van der Waals surface area contributed by atoms with Crippen molar-refractivity contribution in [2.75, 3.05) is 20.3 Å². The number of carboxylic acid groups (broad SMARTS) is 1. The topological polar surface area (TPSA) is 77.9 Å². The van der Waals surface area contributed by atoms with Crippen LogP contribution < -0.4 is 4.74 Å². The normalized spacial score (nSPS) is 22.3. The van der Waals surface area contributed by atoms with Crippen LogP contribution in [0.25, 0.3) is 0 Å². The Hall–Kier alpha value is -1.92. The first kappa shape index (κ1) is 15.0. The number of pyridine rings is 1. The number of ether oxygens (including phenoxy) is 3. The fourth-order valence-electron chi connectivity index (χ4n) is 3.30. The first-order valence-corrected chi connectivity index (χ1v) is 7.28. The van der Waals surface area contributed by atoms with Gasteiger partial charge in [0.05, 0.1) is 26.0 Å². The van der Waals surface area contributed by atoms with Crippen LogP contribution in [0.1, 0.15) is 40.4 Å². The van der Waals surface area contributed by atoms with E-state index < -0.39 is 11.8 Å². The second-order valence-electron chi connectivity index (χ2n) is 5.60. The van der Waals surface area contributed by atoms with E-state index in [1.807, 2.05) is 6.08 Å². The summed E-state index contributed by atoms with van der Waals surface area (Å²) in [6, 6.07) is 1.63. The largest absolute Gasteiger partial charge is 0.480 e. The van der Waals surface area contributed by atoms with Gasteiger partial charge in [-0.1, -0.05) is 6.08 Å². The maximum Gasteiger partial charge on any atom is 0.341 e. The van der Waals surface area contributed by atoms with E-state index >= 15 is 0 Å².